The van der Waals surface area contributed by atoms with Crippen LogP contribution in [0.4, 0.5) is 0 Å². The number of halogens is 1. The number of hydrogen-bond acceptors (Lipinski definition) is 2. The molecule has 0 saturated carbocycles. The molecule has 3 nitrogen and oxygen atoms in total. The van der Waals surface area contributed by atoms with Gasteiger partial charge >= 0.3 is 5.97 Å². The van der Waals surface area contributed by atoms with Crippen molar-refractivity contribution < 1.29 is 9.90 Å². The maximum absolute atomic E-state index is 11.1. The van der Waals surface area contributed by atoms with Gasteiger partial charge in [0.1, 0.15) is 5.54 Å². The van der Waals surface area contributed by atoms with Crippen LogP contribution in [0.5, 0.6) is 0 Å². The van der Waals surface area contributed by atoms with E-state index in [0.29, 0.717) is 6.42 Å². The van der Waals surface area contributed by atoms with Gasteiger partial charge in [-0.05, 0) is 25.1 Å². The summed E-state index contributed by atoms with van der Waals surface area (Å²) in [6.45, 7) is 3.91. The fourth-order valence-electron chi connectivity index (χ4n) is 3.04. The summed E-state index contributed by atoms with van der Waals surface area (Å²) in [6.07, 6.45) is 20.4. The second-order valence-electron chi connectivity index (χ2n) is 7.43. The van der Waals surface area contributed by atoms with Gasteiger partial charge in [0.05, 0.1) is 0 Å². The van der Waals surface area contributed by atoms with Crippen molar-refractivity contribution in [1.82, 2.24) is 4.84 Å². The molecule has 0 aliphatic heterocycles. The molecule has 0 fully saturated rings. The van der Waals surface area contributed by atoms with E-state index < -0.39 is 11.5 Å². The lowest BCUT2D eigenvalue weighted by atomic mass is 9.95. The molecule has 0 rings (SSSR count). The van der Waals surface area contributed by atoms with E-state index in [-0.39, 0.29) is 0 Å². The van der Waals surface area contributed by atoms with Gasteiger partial charge in [0.15, 0.2) is 0 Å². The number of carboxylic acids is 1. The third-order valence-electron chi connectivity index (χ3n) is 4.96. The minimum absolute atomic E-state index is 0.587. The normalized spacial score (nSPS) is 13.8. The SMILES string of the molecule is CCCCCCCCCCCCCCCCCC(C)(NCl)C(=O)O. The predicted molar refractivity (Wildman–Crippen MR) is 105 cm³/mol. The summed E-state index contributed by atoms with van der Waals surface area (Å²) in [6, 6.07) is 0. The molecular formula is C20H40ClNO2. The van der Waals surface area contributed by atoms with Crippen LogP contribution in [0.25, 0.3) is 0 Å². The molecule has 0 radical (unpaired) electrons. The molecule has 1 atom stereocenters. The summed E-state index contributed by atoms with van der Waals surface area (Å²) >= 11 is 5.54. The van der Waals surface area contributed by atoms with Gasteiger partial charge in [0, 0.05) is 0 Å². The zero-order valence-corrected chi connectivity index (χ0v) is 16.8. The van der Waals surface area contributed by atoms with Gasteiger partial charge in [-0.1, -0.05) is 103 Å². The van der Waals surface area contributed by atoms with Crippen molar-refractivity contribution in [3.8, 4) is 0 Å². The smallest absolute Gasteiger partial charge is 0.324 e. The largest absolute Gasteiger partial charge is 0.480 e. The van der Waals surface area contributed by atoms with Crippen LogP contribution in [0.2, 0.25) is 0 Å². The molecule has 0 heterocycles. The van der Waals surface area contributed by atoms with Crippen LogP contribution >= 0.6 is 11.8 Å². The number of hydrogen-bond donors (Lipinski definition) is 2. The average molecular weight is 362 g/mol. The molecule has 0 aromatic heterocycles. The third-order valence-corrected chi connectivity index (χ3v) is 5.38. The van der Waals surface area contributed by atoms with E-state index in [9.17, 15) is 4.79 Å². The van der Waals surface area contributed by atoms with Crippen LogP contribution in [0.3, 0.4) is 0 Å². The Balaban J connectivity index is 3.24. The topological polar surface area (TPSA) is 49.3 Å². The van der Waals surface area contributed by atoms with Crippen LogP contribution in [-0.4, -0.2) is 16.6 Å². The molecule has 0 bridgehead atoms. The molecule has 0 amide bonds. The molecule has 1 unspecified atom stereocenters. The highest BCUT2D eigenvalue weighted by Gasteiger charge is 2.31. The van der Waals surface area contributed by atoms with Crippen molar-refractivity contribution in [1.29, 1.82) is 0 Å². The first-order chi connectivity index (χ1) is 11.6. The van der Waals surface area contributed by atoms with Gasteiger partial charge in [0.2, 0.25) is 0 Å². The van der Waals surface area contributed by atoms with Crippen LogP contribution in [0.1, 0.15) is 117 Å². The number of rotatable bonds is 18. The zero-order chi connectivity index (χ0) is 18.1. The molecule has 4 heteroatoms. The van der Waals surface area contributed by atoms with E-state index in [1.807, 2.05) is 0 Å². The minimum Gasteiger partial charge on any atom is -0.480 e. The van der Waals surface area contributed by atoms with Gasteiger partial charge in [-0.15, -0.1) is 0 Å². The highest BCUT2D eigenvalue weighted by atomic mass is 35.5. The number of aliphatic carboxylic acids is 1. The Labute approximate surface area is 155 Å². The Morgan fingerprint density at radius 1 is 0.792 bits per heavy atom. The summed E-state index contributed by atoms with van der Waals surface area (Å²) in [5, 5.41) is 9.10. The Kier molecular flexibility index (Phi) is 16.0. The van der Waals surface area contributed by atoms with Gasteiger partial charge < -0.3 is 5.11 Å². The van der Waals surface area contributed by atoms with E-state index in [0.717, 1.165) is 12.8 Å². The summed E-state index contributed by atoms with van der Waals surface area (Å²) < 4.78 is 0. The van der Waals surface area contributed by atoms with Crippen molar-refractivity contribution in [2.24, 2.45) is 0 Å². The van der Waals surface area contributed by atoms with E-state index in [2.05, 4.69) is 11.8 Å². The van der Waals surface area contributed by atoms with Gasteiger partial charge in [-0.3, -0.25) is 4.79 Å². The minimum atomic E-state index is -0.988. The summed E-state index contributed by atoms with van der Waals surface area (Å²) in [7, 11) is 0. The summed E-state index contributed by atoms with van der Waals surface area (Å²) in [4.78, 5) is 13.5. The number of nitrogens with one attached hydrogen (secondary N) is 1. The number of carbonyl (C=O) groups is 1. The van der Waals surface area contributed by atoms with E-state index in [4.69, 9.17) is 16.9 Å². The second-order valence-corrected chi connectivity index (χ2v) is 7.62. The van der Waals surface area contributed by atoms with E-state index >= 15 is 0 Å². The van der Waals surface area contributed by atoms with Crippen molar-refractivity contribution in [2.45, 2.75) is 122 Å². The van der Waals surface area contributed by atoms with Gasteiger partial charge in [0.25, 0.3) is 0 Å². The lowest BCUT2D eigenvalue weighted by Gasteiger charge is -2.22. The van der Waals surface area contributed by atoms with Crippen LogP contribution in [0.15, 0.2) is 0 Å². The van der Waals surface area contributed by atoms with E-state index in [1.165, 1.54) is 83.5 Å². The predicted octanol–water partition coefficient (Wildman–Crippen LogP) is 6.83. The highest BCUT2D eigenvalue weighted by molar-refractivity contribution is 6.15. The Morgan fingerprint density at radius 2 is 1.12 bits per heavy atom. The van der Waals surface area contributed by atoms with Crippen LogP contribution < -0.4 is 4.84 Å². The number of unbranched alkanes of at least 4 members (excludes halogenated alkanes) is 14. The van der Waals surface area contributed by atoms with Crippen molar-refractivity contribution >= 4 is 17.7 Å². The number of carboxylic acid groups (broad SMARTS) is 1. The van der Waals surface area contributed by atoms with Crippen molar-refractivity contribution in [2.75, 3.05) is 0 Å². The molecular weight excluding hydrogens is 322 g/mol. The van der Waals surface area contributed by atoms with Crippen LogP contribution in [0, 0.1) is 0 Å². The van der Waals surface area contributed by atoms with Gasteiger partial charge in [-0.25, -0.2) is 4.84 Å². The van der Waals surface area contributed by atoms with Crippen LogP contribution in [-0.2, 0) is 4.79 Å². The lowest BCUT2D eigenvalue weighted by molar-refractivity contribution is -0.143. The Morgan fingerprint density at radius 3 is 1.42 bits per heavy atom. The molecule has 0 aromatic rings. The molecule has 0 aliphatic rings. The molecule has 2 N–H and O–H groups in total. The molecule has 24 heavy (non-hydrogen) atoms. The lowest BCUT2D eigenvalue weighted by Crippen LogP contribution is -2.44. The molecule has 144 valence electrons. The second kappa shape index (κ2) is 16.2. The molecule has 0 saturated heterocycles. The maximum atomic E-state index is 11.1. The Bertz CT molecular complexity index is 299. The first-order valence-corrected chi connectivity index (χ1v) is 10.6. The standard InChI is InChI=1S/C20H40ClNO2/c1-3-4-5-6-7-8-9-10-11-12-13-14-15-16-17-18-20(2,22-21)19(23)24/h22H,3-18H2,1-2H3,(H,23,24). The Hall–Kier alpha value is -0.280. The quantitative estimate of drug-likeness (QED) is 0.207. The van der Waals surface area contributed by atoms with Crippen molar-refractivity contribution in [3.63, 3.8) is 0 Å². The molecule has 0 spiro atoms. The fourth-order valence-corrected chi connectivity index (χ4v) is 3.22. The van der Waals surface area contributed by atoms with E-state index in [1.54, 1.807) is 6.92 Å². The highest BCUT2D eigenvalue weighted by Crippen LogP contribution is 2.18. The monoisotopic (exact) mass is 361 g/mol. The molecule has 0 aromatic carbocycles. The first kappa shape index (κ1) is 23.7. The fraction of sp³-hybridized carbons (Fsp3) is 0.950. The summed E-state index contributed by atoms with van der Waals surface area (Å²) in [5.41, 5.74) is -0.988. The average Bonchev–Trinajstić information content (AvgIpc) is 2.57. The zero-order valence-electron chi connectivity index (χ0n) is 16.0. The molecule has 0 aliphatic carbocycles. The maximum Gasteiger partial charge on any atom is 0.324 e. The third kappa shape index (κ3) is 13.1. The first-order valence-electron chi connectivity index (χ1n) is 10.2. The van der Waals surface area contributed by atoms with Gasteiger partial charge in [-0.2, -0.15) is 0 Å². The van der Waals surface area contributed by atoms with Crippen molar-refractivity contribution in [3.05, 3.63) is 0 Å². The summed E-state index contributed by atoms with van der Waals surface area (Å²) in [5.74, 6) is -0.872.